The lowest BCUT2D eigenvalue weighted by molar-refractivity contribution is -0.381. The molecule has 0 aromatic carbocycles. The van der Waals surface area contributed by atoms with Crippen LogP contribution in [0.15, 0.2) is 0 Å². The van der Waals surface area contributed by atoms with E-state index in [-0.39, 0.29) is 6.61 Å². The molecule has 0 aromatic rings. The van der Waals surface area contributed by atoms with Crippen molar-refractivity contribution in [3.63, 3.8) is 0 Å². The third-order valence-corrected chi connectivity index (χ3v) is 7.15. The first kappa shape index (κ1) is 31.0. The zero-order valence-electron chi connectivity index (χ0n) is 22.2. The number of hydrogen-bond acceptors (Lipinski definition) is 14. The molecule has 37 heavy (non-hydrogen) atoms. The van der Waals surface area contributed by atoms with Crippen molar-refractivity contribution in [1.82, 2.24) is 0 Å². The molecule has 3 aliphatic rings. The van der Waals surface area contributed by atoms with Gasteiger partial charge in [-0.1, -0.05) is 0 Å². The van der Waals surface area contributed by atoms with E-state index in [1.54, 1.807) is 13.8 Å². The number of ether oxygens (including phenoxy) is 10. The normalized spacial score (nSPS) is 49.2. The van der Waals surface area contributed by atoms with Crippen molar-refractivity contribution in [2.45, 2.75) is 106 Å². The second kappa shape index (κ2) is 13.7. The molecule has 3 aliphatic heterocycles. The van der Waals surface area contributed by atoms with E-state index in [1.807, 2.05) is 0 Å². The Morgan fingerprint density at radius 1 is 0.541 bits per heavy atom. The topological polar surface area (TPSA) is 173 Å². The van der Waals surface area contributed by atoms with Crippen LogP contribution in [0.5, 0.6) is 0 Å². The third kappa shape index (κ3) is 6.44. The maximum atomic E-state index is 10.8. The average molecular weight is 543 g/mol. The summed E-state index contributed by atoms with van der Waals surface area (Å²) >= 11 is 0. The first-order valence-electron chi connectivity index (χ1n) is 12.2. The van der Waals surface area contributed by atoms with E-state index in [0.29, 0.717) is 0 Å². The van der Waals surface area contributed by atoms with Gasteiger partial charge < -0.3 is 67.8 Å². The van der Waals surface area contributed by atoms with Gasteiger partial charge in [0.15, 0.2) is 18.9 Å². The maximum absolute atomic E-state index is 10.8. The molecule has 3 fully saturated rings. The predicted octanol–water partition coefficient (Wildman–Crippen LogP) is -2.25. The van der Waals surface area contributed by atoms with Gasteiger partial charge in [-0.05, 0) is 13.8 Å². The summed E-state index contributed by atoms with van der Waals surface area (Å²) in [7, 11) is 7.11. The smallest absolute Gasteiger partial charge is 0.187 e. The van der Waals surface area contributed by atoms with Crippen LogP contribution in [-0.2, 0) is 47.4 Å². The molecule has 0 spiro atoms. The average Bonchev–Trinajstić information content (AvgIpc) is 2.87. The fourth-order valence-corrected chi connectivity index (χ4v) is 5.11. The second-order valence-corrected chi connectivity index (χ2v) is 9.41. The zero-order chi connectivity index (χ0) is 27.4. The standard InChI is InChI=1S/C23H42O14/c1-9-12(24)17(30-5)19(21(27)33-9)37-23-20(32-7)18(31-6)15(10(2)34-23)36-22-14(26)16(29-4)13(25)11(35-22)8-28-3/h9-27H,8H2,1-7H3/t9-,10-,11-,12-,13-,14-,15-,16+,17+,18+,19+,20+,21+,22+,23-/m1/s1. The van der Waals surface area contributed by atoms with Gasteiger partial charge in [0.2, 0.25) is 0 Å². The van der Waals surface area contributed by atoms with Gasteiger partial charge in [0.25, 0.3) is 0 Å². The van der Waals surface area contributed by atoms with Gasteiger partial charge in [0.05, 0.1) is 18.8 Å². The minimum Gasteiger partial charge on any atom is -0.388 e. The van der Waals surface area contributed by atoms with Crippen LogP contribution < -0.4 is 0 Å². The molecule has 3 heterocycles. The lowest BCUT2D eigenvalue weighted by Gasteiger charge is -2.49. The van der Waals surface area contributed by atoms with Crippen molar-refractivity contribution in [2.75, 3.05) is 42.2 Å². The van der Waals surface area contributed by atoms with Crippen molar-refractivity contribution < 1.29 is 67.8 Å². The molecule has 0 bridgehead atoms. The summed E-state index contributed by atoms with van der Waals surface area (Å²) in [6.07, 6.45) is -14.8. The summed E-state index contributed by atoms with van der Waals surface area (Å²) in [5, 5.41) is 42.2. The highest BCUT2D eigenvalue weighted by molar-refractivity contribution is 4.96. The molecule has 0 saturated carbocycles. The van der Waals surface area contributed by atoms with Crippen LogP contribution in [0, 0.1) is 0 Å². The number of rotatable bonds is 10. The summed E-state index contributed by atoms with van der Waals surface area (Å²) in [6, 6.07) is 0. The summed E-state index contributed by atoms with van der Waals surface area (Å²) in [6.45, 7) is 3.37. The van der Waals surface area contributed by atoms with E-state index < -0.39 is 92.1 Å². The highest BCUT2D eigenvalue weighted by atomic mass is 16.8. The molecule has 0 aliphatic carbocycles. The molecule has 4 N–H and O–H groups in total. The molecule has 218 valence electrons. The van der Waals surface area contributed by atoms with E-state index in [4.69, 9.17) is 47.4 Å². The minimum atomic E-state index is -1.39. The molecule has 0 radical (unpaired) electrons. The first-order chi connectivity index (χ1) is 17.6. The largest absolute Gasteiger partial charge is 0.388 e. The monoisotopic (exact) mass is 542 g/mol. The molecule has 14 heteroatoms. The summed E-state index contributed by atoms with van der Waals surface area (Å²) in [5.41, 5.74) is 0. The Bertz CT molecular complexity index is 686. The minimum absolute atomic E-state index is 0.0472. The molecule has 0 amide bonds. The van der Waals surface area contributed by atoms with Crippen LogP contribution in [0.1, 0.15) is 13.8 Å². The quantitative estimate of drug-likeness (QED) is 0.233. The Morgan fingerprint density at radius 2 is 1.14 bits per heavy atom. The first-order valence-corrected chi connectivity index (χ1v) is 12.2. The summed E-state index contributed by atoms with van der Waals surface area (Å²) in [4.78, 5) is 0. The van der Waals surface area contributed by atoms with Crippen LogP contribution >= 0.6 is 0 Å². The molecular formula is C23H42O14. The molecule has 15 atom stereocenters. The highest BCUT2D eigenvalue weighted by Gasteiger charge is 2.53. The number of methoxy groups -OCH3 is 5. The van der Waals surface area contributed by atoms with E-state index in [2.05, 4.69) is 0 Å². The maximum Gasteiger partial charge on any atom is 0.187 e. The van der Waals surface area contributed by atoms with Gasteiger partial charge in [-0.3, -0.25) is 0 Å². The Kier molecular flexibility index (Phi) is 11.4. The van der Waals surface area contributed by atoms with E-state index in [1.165, 1.54) is 35.5 Å². The van der Waals surface area contributed by atoms with E-state index in [9.17, 15) is 20.4 Å². The Balaban J connectivity index is 1.77. The van der Waals surface area contributed by atoms with Crippen molar-refractivity contribution in [3.05, 3.63) is 0 Å². The van der Waals surface area contributed by atoms with Gasteiger partial charge in [-0.25, -0.2) is 0 Å². The molecule has 3 saturated heterocycles. The van der Waals surface area contributed by atoms with E-state index in [0.717, 1.165) is 0 Å². The highest BCUT2D eigenvalue weighted by Crippen LogP contribution is 2.34. The fourth-order valence-electron chi connectivity index (χ4n) is 5.11. The fraction of sp³-hybridized carbons (Fsp3) is 1.00. The van der Waals surface area contributed by atoms with E-state index >= 15 is 0 Å². The van der Waals surface area contributed by atoms with Gasteiger partial charge >= 0.3 is 0 Å². The molecule has 0 aromatic heterocycles. The number of hydrogen-bond donors (Lipinski definition) is 4. The van der Waals surface area contributed by atoms with Crippen LogP contribution in [-0.4, -0.2) is 155 Å². The lowest BCUT2D eigenvalue weighted by atomic mass is 9.96. The van der Waals surface area contributed by atoms with Crippen LogP contribution in [0.3, 0.4) is 0 Å². The van der Waals surface area contributed by atoms with Gasteiger partial charge in [0, 0.05) is 35.5 Å². The molecular weight excluding hydrogens is 500 g/mol. The van der Waals surface area contributed by atoms with Crippen molar-refractivity contribution in [3.8, 4) is 0 Å². The molecule has 0 unspecified atom stereocenters. The SMILES string of the molecule is COC[C@H]1O[C@@H](O[C@H]2[C@H](OC)[C@H](OC)[C@@H](O[C@H]3[C@@H](OC)[C@H](O)[C@@H](C)O[C@@H]3O)O[C@@H]2C)[C@H](O)[C@@H](OC)[C@@H]1O. The predicted molar refractivity (Wildman–Crippen MR) is 122 cm³/mol. The summed E-state index contributed by atoms with van der Waals surface area (Å²) in [5.74, 6) is 0. The summed E-state index contributed by atoms with van der Waals surface area (Å²) < 4.78 is 56.6. The second-order valence-electron chi connectivity index (χ2n) is 9.41. The van der Waals surface area contributed by atoms with Gasteiger partial charge in [-0.2, -0.15) is 0 Å². The van der Waals surface area contributed by atoms with Crippen molar-refractivity contribution >= 4 is 0 Å². The van der Waals surface area contributed by atoms with Crippen molar-refractivity contribution in [2.24, 2.45) is 0 Å². The number of aliphatic hydroxyl groups excluding tert-OH is 4. The lowest BCUT2D eigenvalue weighted by Crippen LogP contribution is -2.66. The van der Waals surface area contributed by atoms with Crippen LogP contribution in [0.25, 0.3) is 0 Å². The third-order valence-electron chi connectivity index (χ3n) is 7.15. The number of aliphatic hydroxyl groups is 4. The Labute approximate surface area is 216 Å². The zero-order valence-corrected chi connectivity index (χ0v) is 22.2. The van der Waals surface area contributed by atoms with Gasteiger partial charge in [0.1, 0.15) is 61.0 Å². The van der Waals surface area contributed by atoms with Crippen LogP contribution in [0.2, 0.25) is 0 Å². The Morgan fingerprint density at radius 3 is 1.70 bits per heavy atom. The van der Waals surface area contributed by atoms with Crippen molar-refractivity contribution in [1.29, 1.82) is 0 Å². The van der Waals surface area contributed by atoms with Gasteiger partial charge in [-0.15, -0.1) is 0 Å². The van der Waals surface area contributed by atoms with Crippen LogP contribution in [0.4, 0.5) is 0 Å². The molecule has 3 rings (SSSR count). The Hall–Kier alpha value is -0.560. The molecule has 14 nitrogen and oxygen atoms in total.